The van der Waals surface area contributed by atoms with Gasteiger partial charge in [0.25, 0.3) is 5.91 Å². The first-order valence-electron chi connectivity index (χ1n) is 7.66. The molecule has 2 aromatic carbocycles. The van der Waals surface area contributed by atoms with Crippen LogP contribution in [0, 0.1) is 0 Å². The summed E-state index contributed by atoms with van der Waals surface area (Å²) in [6.07, 6.45) is 0. The van der Waals surface area contributed by atoms with Gasteiger partial charge in [-0.15, -0.1) is 0 Å². The van der Waals surface area contributed by atoms with E-state index in [1.54, 1.807) is 36.4 Å². The van der Waals surface area contributed by atoms with Crippen molar-refractivity contribution in [2.24, 2.45) is 0 Å². The highest BCUT2D eigenvalue weighted by Crippen LogP contribution is 2.15. The third-order valence-corrected chi connectivity index (χ3v) is 5.13. The number of amides is 1. The molecule has 0 aliphatic heterocycles. The molecule has 0 aliphatic rings. The van der Waals surface area contributed by atoms with Gasteiger partial charge in [-0.1, -0.05) is 41.9 Å². The maximum atomic E-state index is 12.3. The molecule has 4 nitrogen and oxygen atoms in total. The Morgan fingerprint density at radius 3 is 2.44 bits per heavy atom. The Hall–Kier alpha value is -2.37. The van der Waals surface area contributed by atoms with Crippen LogP contribution in [-0.4, -0.2) is 10.1 Å². The number of furan rings is 1. The van der Waals surface area contributed by atoms with E-state index in [4.69, 9.17) is 16.0 Å². The van der Waals surface area contributed by atoms with E-state index in [-0.39, 0.29) is 17.4 Å². The number of halogens is 1. The maximum absolute atomic E-state index is 12.3. The van der Waals surface area contributed by atoms with Crippen molar-refractivity contribution in [1.29, 1.82) is 0 Å². The highest BCUT2D eigenvalue weighted by molar-refractivity contribution is 7.84. The van der Waals surface area contributed by atoms with Crippen LogP contribution in [0.3, 0.4) is 0 Å². The SMILES string of the molecule is O=C(NCc1ccc(Cl)cc1)c1ccc(CS(=O)c2ccccc2)o1. The van der Waals surface area contributed by atoms with Crippen LogP contribution >= 0.6 is 11.6 Å². The van der Waals surface area contributed by atoms with E-state index in [1.165, 1.54) is 0 Å². The largest absolute Gasteiger partial charge is 0.455 e. The van der Waals surface area contributed by atoms with Gasteiger partial charge in [0.1, 0.15) is 5.76 Å². The van der Waals surface area contributed by atoms with Crippen LogP contribution in [0.4, 0.5) is 0 Å². The molecule has 0 aliphatic carbocycles. The fourth-order valence-corrected chi connectivity index (χ4v) is 3.40. The fraction of sp³-hybridized carbons (Fsp3) is 0.105. The first-order chi connectivity index (χ1) is 12.1. The number of carbonyl (C=O) groups excluding carboxylic acids is 1. The minimum Gasteiger partial charge on any atom is -0.455 e. The van der Waals surface area contributed by atoms with Gasteiger partial charge < -0.3 is 9.73 Å². The number of rotatable bonds is 6. The summed E-state index contributed by atoms with van der Waals surface area (Å²) in [5.74, 6) is 0.633. The lowest BCUT2D eigenvalue weighted by Crippen LogP contribution is -2.22. The first-order valence-corrected chi connectivity index (χ1v) is 9.36. The van der Waals surface area contributed by atoms with Gasteiger partial charge in [0.15, 0.2) is 5.76 Å². The Kier molecular flexibility index (Phi) is 5.68. The van der Waals surface area contributed by atoms with Gasteiger partial charge in [0.2, 0.25) is 0 Å². The summed E-state index contributed by atoms with van der Waals surface area (Å²) in [6, 6.07) is 19.7. The summed E-state index contributed by atoms with van der Waals surface area (Å²) < 4.78 is 17.8. The molecule has 0 fully saturated rings. The summed E-state index contributed by atoms with van der Waals surface area (Å²) in [6.45, 7) is 0.377. The molecule has 3 rings (SSSR count). The summed E-state index contributed by atoms with van der Waals surface area (Å²) in [5, 5.41) is 3.43. The molecular weight excluding hydrogens is 358 g/mol. The summed E-state index contributed by atoms with van der Waals surface area (Å²) in [7, 11) is -1.21. The van der Waals surface area contributed by atoms with Crippen molar-refractivity contribution in [2.45, 2.75) is 17.2 Å². The first kappa shape index (κ1) is 17.5. The molecule has 0 spiro atoms. The third-order valence-electron chi connectivity index (χ3n) is 3.53. The molecule has 0 saturated carbocycles. The highest BCUT2D eigenvalue weighted by Gasteiger charge is 2.13. The number of hydrogen-bond donors (Lipinski definition) is 1. The quantitative estimate of drug-likeness (QED) is 0.705. The van der Waals surface area contributed by atoms with E-state index in [0.29, 0.717) is 17.3 Å². The molecule has 128 valence electrons. The third kappa shape index (κ3) is 4.81. The molecule has 1 N–H and O–H groups in total. The molecule has 1 aromatic heterocycles. The van der Waals surface area contributed by atoms with E-state index in [2.05, 4.69) is 5.32 Å². The summed E-state index contributed by atoms with van der Waals surface area (Å²) in [5.41, 5.74) is 0.940. The van der Waals surface area contributed by atoms with Crippen molar-refractivity contribution in [2.75, 3.05) is 0 Å². The summed E-state index contributed by atoms with van der Waals surface area (Å²) >= 11 is 5.83. The van der Waals surface area contributed by atoms with Crippen molar-refractivity contribution in [3.8, 4) is 0 Å². The van der Waals surface area contributed by atoms with E-state index in [9.17, 15) is 9.00 Å². The minimum atomic E-state index is -1.21. The predicted octanol–water partition coefficient (Wildman–Crippen LogP) is 4.17. The van der Waals surface area contributed by atoms with Gasteiger partial charge in [-0.05, 0) is 42.0 Å². The lowest BCUT2D eigenvalue weighted by atomic mass is 10.2. The monoisotopic (exact) mass is 373 g/mol. The maximum Gasteiger partial charge on any atom is 0.287 e. The van der Waals surface area contributed by atoms with Crippen LogP contribution in [0.15, 0.2) is 76.0 Å². The van der Waals surface area contributed by atoms with Gasteiger partial charge in [-0.2, -0.15) is 0 Å². The fourth-order valence-electron chi connectivity index (χ4n) is 2.23. The number of carbonyl (C=O) groups is 1. The Labute approximate surface area is 153 Å². The molecule has 0 radical (unpaired) electrons. The topological polar surface area (TPSA) is 59.3 Å². The second-order valence-corrected chi connectivity index (χ2v) is 7.27. The van der Waals surface area contributed by atoms with Crippen LogP contribution in [0.25, 0.3) is 0 Å². The van der Waals surface area contributed by atoms with Crippen molar-refractivity contribution in [3.05, 3.63) is 88.8 Å². The minimum absolute atomic E-state index is 0.203. The molecule has 25 heavy (non-hydrogen) atoms. The molecule has 6 heteroatoms. The number of benzene rings is 2. The molecule has 0 bridgehead atoms. The molecule has 1 unspecified atom stereocenters. The van der Waals surface area contributed by atoms with Crippen molar-refractivity contribution < 1.29 is 13.4 Å². The lowest BCUT2D eigenvalue weighted by molar-refractivity contribution is 0.0921. The van der Waals surface area contributed by atoms with E-state index < -0.39 is 10.8 Å². The van der Waals surface area contributed by atoms with Gasteiger partial charge in [-0.3, -0.25) is 9.00 Å². The van der Waals surface area contributed by atoms with Gasteiger partial charge >= 0.3 is 0 Å². The van der Waals surface area contributed by atoms with Crippen LogP contribution in [0.5, 0.6) is 0 Å². The Balaban J connectivity index is 1.58. The summed E-state index contributed by atoms with van der Waals surface area (Å²) in [4.78, 5) is 12.9. The zero-order chi connectivity index (χ0) is 17.6. The Morgan fingerprint density at radius 2 is 1.72 bits per heavy atom. The average molecular weight is 374 g/mol. The molecule has 0 saturated heterocycles. The normalized spacial score (nSPS) is 11.9. The van der Waals surface area contributed by atoms with E-state index >= 15 is 0 Å². The number of nitrogens with one attached hydrogen (secondary N) is 1. The van der Waals surface area contributed by atoms with Crippen LogP contribution < -0.4 is 5.32 Å². The van der Waals surface area contributed by atoms with Crippen molar-refractivity contribution >= 4 is 28.3 Å². The zero-order valence-electron chi connectivity index (χ0n) is 13.3. The second-order valence-electron chi connectivity index (χ2n) is 5.38. The van der Waals surface area contributed by atoms with Gasteiger partial charge in [0, 0.05) is 16.5 Å². The molecule has 1 atom stereocenters. The van der Waals surface area contributed by atoms with Crippen molar-refractivity contribution in [1.82, 2.24) is 5.32 Å². The van der Waals surface area contributed by atoms with Gasteiger partial charge in [-0.25, -0.2) is 0 Å². The average Bonchev–Trinajstić information content (AvgIpc) is 3.10. The van der Waals surface area contributed by atoms with E-state index in [0.717, 1.165) is 10.5 Å². The zero-order valence-corrected chi connectivity index (χ0v) is 14.8. The van der Waals surface area contributed by atoms with Gasteiger partial charge in [0.05, 0.1) is 16.6 Å². The Bertz CT molecular complexity index is 875. The molecule has 1 heterocycles. The highest BCUT2D eigenvalue weighted by atomic mass is 35.5. The second kappa shape index (κ2) is 8.14. The van der Waals surface area contributed by atoms with Crippen molar-refractivity contribution in [3.63, 3.8) is 0 Å². The molecular formula is C19H16ClNO3S. The lowest BCUT2D eigenvalue weighted by Gasteiger charge is -2.04. The van der Waals surface area contributed by atoms with Crippen LogP contribution in [0.1, 0.15) is 21.9 Å². The van der Waals surface area contributed by atoms with Crippen LogP contribution in [-0.2, 0) is 23.1 Å². The smallest absolute Gasteiger partial charge is 0.287 e. The number of hydrogen-bond acceptors (Lipinski definition) is 3. The predicted molar refractivity (Wildman–Crippen MR) is 97.9 cm³/mol. The Morgan fingerprint density at radius 1 is 1.00 bits per heavy atom. The standard InChI is InChI=1S/C19H16ClNO3S/c20-15-8-6-14(7-9-15)12-21-19(22)18-11-10-16(24-18)13-25(23)17-4-2-1-3-5-17/h1-11H,12-13H2,(H,21,22). The van der Waals surface area contributed by atoms with Crippen LogP contribution in [0.2, 0.25) is 5.02 Å². The van der Waals surface area contributed by atoms with E-state index in [1.807, 2.05) is 30.3 Å². The molecule has 1 amide bonds. The molecule has 3 aromatic rings.